The molecule has 0 saturated heterocycles. The van der Waals surface area contributed by atoms with Crippen molar-refractivity contribution in [2.45, 2.75) is 45.4 Å². The first kappa shape index (κ1) is 27.5. The average Bonchev–Trinajstić information content (AvgIpc) is 3.46. The Labute approximate surface area is 237 Å². The van der Waals surface area contributed by atoms with E-state index >= 15 is 0 Å². The normalized spacial score (nSPS) is 17.7. The van der Waals surface area contributed by atoms with Crippen LogP contribution in [0.5, 0.6) is 0 Å². The van der Waals surface area contributed by atoms with Gasteiger partial charge in [0.2, 0.25) is 0 Å². The molecule has 1 N–H and O–H groups in total. The summed E-state index contributed by atoms with van der Waals surface area (Å²) in [6.45, 7) is 7.55. The lowest BCUT2D eigenvalue weighted by molar-refractivity contribution is 0.0468. The van der Waals surface area contributed by atoms with Gasteiger partial charge in [-0.25, -0.2) is 4.79 Å². The largest absolute Gasteiger partial charge is 0.462 e. The standard InChI is InChI=1S/C35H38N2O3/c1-25-16-17-26(33(25)37(28-12-7-5-8-13-28)29-14-9-6-10-15-29)19-21-32-35(2,3)30-24-27(18-20-31(30)36-32)34(38)40-23-11-22-39-4/h5-10,12-15,18-21,24,36H,11,16-17,22-23H2,1-4H3/b26-19+,32-21+. The Bertz CT molecular complexity index is 1410. The highest BCUT2D eigenvalue weighted by atomic mass is 16.5. The minimum atomic E-state index is -0.299. The molecule has 0 spiro atoms. The number of anilines is 3. The summed E-state index contributed by atoms with van der Waals surface area (Å²) in [6, 6.07) is 26.9. The first-order valence-electron chi connectivity index (χ1n) is 14.0. The number of nitrogens with one attached hydrogen (secondary N) is 1. The second-order valence-electron chi connectivity index (χ2n) is 10.9. The predicted molar refractivity (Wildman–Crippen MR) is 163 cm³/mol. The van der Waals surface area contributed by atoms with Gasteiger partial charge in [0.25, 0.3) is 0 Å². The van der Waals surface area contributed by atoms with E-state index in [1.165, 1.54) is 16.8 Å². The zero-order chi connectivity index (χ0) is 28.1. The molecule has 40 heavy (non-hydrogen) atoms. The van der Waals surface area contributed by atoms with Crippen LogP contribution in [-0.4, -0.2) is 26.3 Å². The van der Waals surface area contributed by atoms with Gasteiger partial charge in [-0.15, -0.1) is 0 Å². The van der Waals surface area contributed by atoms with Crippen molar-refractivity contribution in [2.24, 2.45) is 0 Å². The van der Waals surface area contributed by atoms with Gasteiger partial charge in [0.1, 0.15) is 0 Å². The summed E-state index contributed by atoms with van der Waals surface area (Å²) in [4.78, 5) is 15.0. The molecule has 1 heterocycles. The lowest BCUT2D eigenvalue weighted by Gasteiger charge is -2.28. The van der Waals surface area contributed by atoms with E-state index in [4.69, 9.17) is 9.47 Å². The molecule has 206 valence electrons. The zero-order valence-electron chi connectivity index (χ0n) is 23.9. The van der Waals surface area contributed by atoms with Gasteiger partial charge >= 0.3 is 5.97 Å². The lowest BCUT2D eigenvalue weighted by atomic mass is 9.83. The van der Waals surface area contributed by atoms with Gasteiger partial charge in [0.05, 0.1) is 12.2 Å². The Balaban J connectivity index is 1.43. The number of allylic oxidation sites excluding steroid dienone is 5. The molecule has 0 unspecified atom stereocenters. The Hall–Kier alpha value is -4.09. The van der Waals surface area contributed by atoms with Crippen LogP contribution in [0.3, 0.4) is 0 Å². The van der Waals surface area contributed by atoms with Crippen molar-refractivity contribution in [3.8, 4) is 0 Å². The summed E-state index contributed by atoms with van der Waals surface area (Å²) in [6.07, 6.45) is 7.20. The van der Waals surface area contributed by atoms with Crippen molar-refractivity contribution in [1.29, 1.82) is 0 Å². The Morgan fingerprint density at radius 1 is 0.925 bits per heavy atom. The number of carbonyl (C=O) groups is 1. The molecule has 0 amide bonds. The van der Waals surface area contributed by atoms with Crippen molar-refractivity contribution < 1.29 is 14.3 Å². The maximum atomic E-state index is 12.6. The maximum Gasteiger partial charge on any atom is 0.338 e. The number of methoxy groups -OCH3 is 1. The van der Waals surface area contributed by atoms with Crippen LogP contribution in [0.15, 0.2) is 114 Å². The third kappa shape index (κ3) is 5.61. The molecule has 1 aliphatic heterocycles. The van der Waals surface area contributed by atoms with Gasteiger partial charge in [0.15, 0.2) is 0 Å². The van der Waals surface area contributed by atoms with Gasteiger partial charge in [0, 0.05) is 54.0 Å². The van der Waals surface area contributed by atoms with Crippen molar-refractivity contribution in [3.05, 3.63) is 125 Å². The number of rotatable bonds is 9. The first-order valence-corrected chi connectivity index (χ1v) is 14.0. The van der Waals surface area contributed by atoms with E-state index < -0.39 is 0 Å². The molecular weight excluding hydrogens is 496 g/mol. The number of fused-ring (bicyclic) bond motifs is 1. The van der Waals surface area contributed by atoms with Crippen LogP contribution < -0.4 is 10.2 Å². The van der Waals surface area contributed by atoms with Crippen molar-refractivity contribution in [2.75, 3.05) is 30.5 Å². The summed E-state index contributed by atoms with van der Waals surface area (Å²) < 4.78 is 10.5. The number of ether oxygens (including phenoxy) is 2. The van der Waals surface area contributed by atoms with Crippen LogP contribution in [-0.2, 0) is 14.9 Å². The molecule has 5 nitrogen and oxygen atoms in total. The van der Waals surface area contributed by atoms with E-state index in [0.29, 0.717) is 25.2 Å². The number of carbonyl (C=O) groups excluding carboxylic acids is 1. The Kier molecular flexibility index (Phi) is 8.22. The zero-order valence-corrected chi connectivity index (χ0v) is 23.9. The number of hydrogen-bond acceptors (Lipinski definition) is 5. The summed E-state index contributed by atoms with van der Waals surface area (Å²) in [5, 5.41) is 3.61. The number of esters is 1. The highest BCUT2D eigenvalue weighted by Crippen LogP contribution is 2.45. The quantitative estimate of drug-likeness (QED) is 0.221. The summed E-state index contributed by atoms with van der Waals surface area (Å²) in [7, 11) is 1.64. The van der Waals surface area contributed by atoms with Crippen molar-refractivity contribution in [1.82, 2.24) is 0 Å². The van der Waals surface area contributed by atoms with E-state index in [-0.39, 0.29) is 11.4 Å². The van der Waals surface area contributed by atoms with E-state index in [2.05, 4.69) is 104 Å². The van der Waals surface area contributed by atoms with Gasteiger partial charge in [-0.3, -0.25) is 0 Å². The summed E-state index contributed by atoms with van der Waals surface area (Å²) in [5.41, 5.74) is 9.78. The van der Waals surface area contributed by atoms with Crippen LogP contribution in [0.4, 0.5) is 17.1 Å². The Morgan fingerprint density at radius 2 is 1.60 bits per heavy atom. The molecule has 0 radical (unpaired) electrons. The van der Waals surface area contributed by atoms with E-state index in [0.717, 1.165) is 41.2 Å². The van der Waals surface area contributed by atoms with Crippen LogP contribution >= 0.6 is 0 Å². The summed E-state index contributed by atoms with van der Waals surface area (Å²) >= 11 is 0. The molecule has 3 aromatic carbocycles. The molecule has 2 aliphatic rings. The monoisotopic (exact) mass is 534 g/mol. The van der Waals surface area contributed by atoms with Crippen molar-refractivity contribution in [3.63, 3.8) is 0 Å². The molecule has 0 bridgehead atoms. The van der Waals surface area contributed by atoms with Crippen molar-refractivity contribution >= 4 is 23.0 Å². The van der Waals surface area contributed by atoms with E-state index in [1.807, 2.05) is 18.2 Å². The topological polar surface area (TPSA) is 50.8 Å². The molecule has 0 fully saturated rings. The molecule has 1 aliphatic carbocycles. The lowest BCUT2D eigenvalue weighted by Crippen LogP contribution is -2.18. The van der Waals surface area contributed by atoms with Gasteiger partial charge in [-0.2, -0.15) is 0 Å². The molecule has 3 aromatic rings. The van der Waals surface area contributed by atoms with Crippen LogP contribution in [0.25, 0.3) is 0 Å². The van der Waals surface area contributed by atoms with Gasteiger partial charge in [-0.05, 0) is 85.0 Å². The summed E-state index contributed by atoms with van der Waals surface area (Å²) in [5.74, 6) is -0.299. The molecular formula is C35H38N2O3. The van der Waals surface area contributed by atoms with Crippen LogP contribution in [0.2, 0.25) is 0 Å². The minimum Gasteiger partial charge on any atom is -0.462 e. The SMILES string of the molecule is COCCCOC(=O)c1ccc2c(c1)C(C)(C)/C(=C\C=C1/CCC(C)=C1N(c1ccccc1)c1ccccc1)N2. The van der Waals surface area contributed by atoms with E-state index in [1.54, 1.807) is 7.11 Å². The fraction of sp³-hybridized carbons (Fsp3) is 0.286. The fourth-order valence-electron chi connectivity index (χ4n) is 5.52. The van der Waals surface area contributed by atoms with Crippen LogP contribution in [0, 0.1) is 0 Å². The highest BCUT2D eigenvalue weighted by molar-refractivity contribution is 5.91. The third-order valence-electron chi connectivity index (χ3n) is 7.78. The second-order valence-corrected chi connectivity index (χ2v) is 10.9. The fourth-order valence-corrected chi connectivity index (χ4v) is 5.52. The molecule has 5 heteroatoms. The number of benzene rings is 3. The number of hydrogen-bond donors (Lipinski definition) is 1. The first-order chi connectivity index (χ1) is 19.4. The minimum absolute atomic E-state index is 0.283. The number of para-hydroxylation sites is 2. The molecule has 0 saturated carbocycles. The molecule has 0 aromatic heterocycles. The Morgan fingerprint density at radius 3 is 2.25 bits per heavy atom. The highest BCUT2D eigenvalue weighted by Gasteiger charge is 2.35. The third-order valence-corrected chi connectivity index (χ3v) is 7.78. The maximum absolute atomic E-state index is 12.6. The van der Waals surface area contributed by atoms with Gasteiger partial charge < -0.3 is 19.7 Å². The number of nitrogens with zero attached hydrogens (tertiary/aromatic N) is 1. The second kappa shape index (κ2) is 12.0. The average molecular weight is 535 g/mol. The van der Waals surface area contributed by atoms with Gasteiger partial charge in [-0.1, -0.05) is 56.3 Å². The smallest absolute Gasteiger partial charge is 0.338 e. The van der Waals surface area contributed by atoms with Crippen LogP contribution in [0.1, 0.15) is 56.0 Å². The van der Waals surface area contributed by atoms with E-state index in [9.17, 15) is 4.79 Å². The predicted octanol–water partition coefficient (Wildman–Crippen LogP) is 8.30. The molecule has 5 rings (SSSR count). The molecule has 0 atom stereocenters.